The van der Waals surface area contributed by atoms with Crippen LogP contribution in [-0.4, -0.2) is 34.7 Å². The summed E-state index contributed by atoms with van der Waals surface area (Å²) >= 11 is 0. The van der Waals surface area contributed by atoms with E-state index in [9.17, 15) is 0 Å². The summed E-state index contributed by atoms with van der Waals surface area (Å²) in [5.74, 6) is 1.63. The molecular formula is C14H20N4O3. The SMILES string of the molecule is CCCOc1ncnc2oc(CC3CCCONC3)nc12. The van der Waals surface area contributed by atoms with Crippen molar-refractivity contribution in [3.05, 3.63) is 12.2 Å². The Balaban J connectivity index is 1.76. The second-order valence-electron chi connectivity index (χ2n) is 5.20. The average molecular weight is 292 g/mol. The van der Waals surface area contributed by atoms with Crippen molar-refractivity contribution in [1.82, 2.24) is 20.4 Å². The first-order valence-corrected chi connectivity index (χ1v) is 7.44. The van der Waals surface area contributed by atoms with Crippen molar-refractivity contribution in [2.75, 3.05) is 19.8 Å². The van der Waals surface area contributed by atoms with Gasteiger partial charge in [-0.2, -0.15) is 9.97 Å². The first kappa shape index (κ1) is 14.2. The van der Waals surface area contributed by atoms with E-state index < -0.39 is 0 Å². The van der Waals surface area contributed by atoms with Gasteiger partial charge in [0.1, 0.15) is 6.33 Å². The number of ether oxygens (including phenoxy) is 1. The van der Waals surface area contributed by atoms with E-state index in [1.165, 1.54) is 6.33 Å². The minimum atomic E-state index is 0.452. The summed E-state index contributed by atoms with van der Waals surface area (Å²) in [6, 6.07) is 0. The van der Waals surface area contributed by atoms with Crippen LogP contribution in [0, 0.1) is 5.92 Å². The maximum atomic E-state index is 5.72. The van der Waals surface area contributed by atoms with Crippen LogP contribution in [0.25, 0.3) is 11.2 Å². The summed E-state index contributed by atoms with van der Waals surface area (Å²) in [6.07, 6.45) is 5.27. The van der Waals surface area contributed by atoms with Crippen LogP contribution in [0.4, 0.5) is 0 Å². The number of oxazole rings is 1. The van der Waals surface area contributed by atoms with Crippen molar-refractivity contribution in [1.29, 1.82) is 0 Å². The molecule has 0 amide bonds. The van der Waals surface area contributed by atoms with Crippen molar-refractivity contribution >= 4 is 11.2 Å². The number of aromatic nitrogens is 3. The molecule has 3 rings (SSSR count). The molecule has 2 aromatic heterocycles. The predicted octanol–water partition coefficient (Wildman–Crippen LogP) is 1.88. The van der Waals surface area contributed by atoms with E-state index in [-0.39, 0.29) is 0 Å². The van der Waals surface area contributed by atoms with Crippen LogP contribution in [0.1, 0.15) is 32.1 Å². The zero-order chi connectivity index (χ0) is 14.5. The highest BCUT2D eigenvalue weighted by Gasteiger charge is 2.18. The smallest absolute Gasteiger partial charge is 0.254 e. The van der Waals surface area contributed by atoms with Crippen LogP contribution in [0.3, 0.4) is 0 Å². The lowest BCUT2D eigenvalue weighted by molar-refractivity contribution is 0.0490. The highest BCUT2D eigenvalue weighted by Crippen LogP contribution is 2.24. The van der Waals surface area contributed by atoms with Gasteiger partial charge in [-0.05, 0) is 25.2 Å². The minimum absolute atomic E-state index is 0.452. The van der Waals surface area contributed by atoms with Crippen molar-refractivity contribution < 1.29 is 14.0 Å². The summed E-state index contributed by atoms with van der Waals surface area (Å²) in [6.45, 7) is 4.22. The van der Waals surface area contributed by atoms with Gasteiger partial charge in [0.15, 0.2) is 11.4 Å². The zero-order valence-electron chi connectivity index (χ0n) is 12.2. The molecule has 0 bridgehead atoms. The predicted molar refractivity (Wildman–Crippen MR) is 75.8 cm³/mol. The molecule has 7 heteroatoms. The first-order chi connectivity index (χ1) is 10.4. The van der Waals surface area contributed by atoms with E-state index in [2.05, 4.69) is 20.4 Å². The molecule has 0 saturated carbocycles. The van der Waals surface area contributed by atoms with Gasteiger partial charge in [0.05, 0.1) is 13.2 Å². The molecule has 1 unspecified atom stereocenters. The summed E-state index contributed by atoms with van der Waals surface area (Å²) in [7, 11) is 0. The Hall–Kier alpha value is -1.73. The fourth-order valence-corrected chi connectivity index (χ4v) is 2.38. The monoisotopic (exact) mass is 292 g/mol. The zero-order valence-corrected chi connectivity index (χ0v) is 12.2. The Kier molecular flexibility index (Phi) is 4.62. The Labute approximate surface area is 123 Å². The first-order valence-electron chi connectivity index (χ1n) is 7.44. The standard InChI is InChI=1S/C14H20N4O3/c1-2-5-19-13-12-14(16-9-15-13)21-11(18-12)7-10-4-3-6-20-17-8-10/h9-10,17H,2-8H2,1H3. The number of rotatable bonds is 5. The van der Waals surface area contributed by atoms with Gasteiger partial charge in [0.25, 0.3) is 5.71 Å². The van der Waals surface area contributed by atoms with E-state index in [0.717, 1.165) is 38.8 Å². The van der Waals surface area contributed by atoms with Crippen LogP contribution in [-0.2, 0) is 11.3 Å². The summed E-state index contributed by atoms with van der Waals surface area (Å²) in [4.78, 5) is 18.0. The van der Waals surface area contributed by atoms with Gasteiger partial charge in [0.2, 0.25) is 5.88 Å². The quantitative estimate of drug-likeness (QED) is 0.900. The van der Waals surface area contributed by atoms with E-state index in [1.807, 2.05) is 6.92 Å². The molecule has 0 spiro atoms. The van der Waals surface area contributed by atoms with Crippen LogP contribution >= 0.6 is 0 Å². The Bertz CT molecular complexity index is 579. The number of nitrogens with zero attached hydrogens (tertiary/aromatic N) is 3. The molecule has 21 heavy (non-hydrogen) atoms. The largest absolute Gasteiger partial charge is 0.476 e. The molecule has 1 aliphatic heterocycles. The Morgan fingerprint density at radius 3 is 3.29 bits per heavy atom. The average Bonchev–Trinajstić information content (AvgIpc) is 2.73. The molecule has 3 heterocycles. The molecule has 1 N–H and O–H groups in total. The van der Waals surface area contributed by atoms with E-state index in [0.29, 0.717) is 35.5 Å². The van der Waals surface area contributed by atoms with Crippen molar-refractivity contribution in [3.8, 4) is 5.88 Å². The lowest BCUT2D eigenvalue weighted by Crippen LogP contribution is -2.21. The fraction of sp³-hybridized carbons (Fsp3) is 0.643. The Morgan fingerprint density at radius 2 is 2.38 bits per heavy atom. The van der Waals surface area contributed by atoms with Gasteiger partial charge in [0, 0.05) is 13.0 Å². The molecule has 1 atom stereocenters. The van der Waals surface area contributed by atoms with Crippen molar-refractivity contribution in [3.63, 3.8) is 0 Å². The molecule has 1 saturated heterocycles. The normalized spacial score (nSPS) is 19.6. The molecule has 7 nitrogen and oxygen atoms in total. The van der Waals surface area contributed by atoms with E-state index in [4.69, 9.17) is 14.0 Å². The molecule has 2 aromatic rings. The number of hydrogen-bond acceptors (Lipinski definition) is 7. The number of fused-ring (bicyclic) bond motifs is 1. The molecule has 1 aliphatic rings. The van der Waals surface area contributed by atoms with Gasteiger partial charge in [-0.15, -0.1) is 0 Å². The summed E-state index contributed by atoms with van der Waals surface area (Å²) < 4.78 is 11.3. The summed E-state index contributed by atoms with van der Waals surface area (Å²) in [5, 5.41) is 0. The maximum Gasteiger partial charge on any atom is 0.254 e. The minimum Gasteiger partial charge on any atom is -0.476 e. The molecule has 0 aliphatic carbocycles. The van der Waals surface area contributed by atoms with E-state index >= 15 is 0 Å². The lowest BCUT2D eigenvalue weighted by Gasteiger charge is -2.09. The van der Waals surface area contributed by atoms with Gasteiger partial charge in [-0.1, -0.05) is 6.92 Å². The second kappa shape index (κ2) is 6.82. The highest BCUT2D eigenvalue weighted by molar-refractivity contribution is 5.73. The second-order valence-corrected chi connectivity index (χ2v) is 5.20. The van der Waals surface area contributed by atoms with Gasteiger partial charge >= 0.3 is 0 Å². The van der Waals surface area contributed by atoms with Crippen molar-refractivity contribution in [2.24, 2.45) is 5.92 Å². The fourth-order valence-electron chi connectivity index (χ4n) is 2.38. The number of hydrogen-bond donors (Lipinski definition) is 1. The van der Waals surface area contributed by atoms with Crippen LogP contribution in [0.15, 0.2) is 10.7 Å². The molecule has 114 valence electrons. The van der Waals surface area contributed by atoms with Crippen LogP contribution in [0.5, 0.6) is 5.88 Å². The lowest BCUT2D eigenvalue weighted by atomic mass is 10.0. The Morgan fingerprint density at radius 1 is 1.43 bits per heavy atom. The number of nitrogens with one attached hydrogen (secondary N) is 1. The molecule has 1 fully saturated rings. The maximum absolute atomic E-state index is 5.72. The molecule has 0 aromatic carbocycles. The molecular weight excluding hydrogens is 272 g/mol. The molecule has 0 radical (unpaired) electrons. The highest BCUT2D eigenvalue weighted by atomic mass is 16.6. The summed E-state index contributed by atoms with van der Waals surface area (Å²) in [5.41, 5.74) is 4.07. The number of hydroxylamine groups is 1. The van der Waals surface area contributed by atoms with Crippen LogP contribution < -0.4 is 10.2 Å². The van der Waals surface area contributed by atoms with E-state index in [1.54, 1.807) is 0 Å². The third kappa shape index (κ3) is 3.48. The van der Waals surface area contributed by atoms with Crippen LogP contribution in [0.2, 0.25) is 0 Å². The third-order valence-electron chi connectivity index (χ3n) is 3.45. The van der Waals surface area contributed by atoms with Gasteiger partial charge in [-0.25, -0.2) is 10.5 Å². The van der Waals surface area contributed by atoms with Gasteiger partial charge in [-0.3, -0.25) is 0 Å². The topological polar surface area (TPSA) is 82.3 Å². The van der Waals surface area contributed by atoms with Crippen molar-refractivity contribution in [2.45, 2.75) is 32.6 Å². The van der Waals surface area contributed by atoms with Gasteiger partial charge < -0.3 is 14.0 Å². The third-order valence-corrected chi connectivity index (χ3v) is 3.45.